The summed E-state index contributed by atoms with van der Waals surface area (Å²) < 4.78 is 4.87. The molecule has 2 N–H and O–H groups in total. The second-order valence-electron chi connectivity index (χ2n) is 7.55. The highest BCUT2D eigenvalue weighted by Gasteiger charge is 2.25. The number of aromatic nitrogens is 1. The van der Waals surface area contributed by atoms with E-state index in [0.29, 0.717) is 24.1 Å². The molecule has 6 heteroatoms. The molecule has 0 radical (unpaired) electrons. The molecule has 1 amide bonds. The van der Waals surface area contributed by atoms with Gasteiger partial charge in [0.2, 0.25) is 5.91 Å². The Hall–Kier alpha value is -2.34. The molecule has 1 saturated heterocycles. The molecule has 0 unspecified atom stereocenters. The second-order valence-corrected chi connectivity index (χ2v) is 7.55. The molecule has 2 aromatic rings. The summed E-state index contributed by atoms with van der Waals surface area (Å²) in [7, 11) is 1.34. The lowest BCUT2D eigenvalue weighted by Crippen LogP contribution is -2.42. The first kappa shape index (κ1) is 18.5. The van der Waals surface area contributed by atoms with Gasteiger partial charge in [0.25, 0.3) is 0 Å². The SMILES string of the molecule is COC(=O)c1[nH]c2cccc(C)c2c1NC(=O)CN1C[C@@H](C)C[C@H](C)C1. The fraction of sp³-hybridized carbons (Fsp3) is 0.500. The van der Waals surface area contributed by atoms with Crippen LogP contribution in [0, 0.1) is 18.8 Å². The number of amides is 1. The minimum atomic E-state index is -0.490. The number of carbonyl (C=O) groups is 2. The Kier molecular flexibility index (Phi) is 5.32. The summed E-state index contributed by atoms with van der Waals surface area (Å²) in [6.07, 6.45) is 1.20. The molecule has 1 aromatic heterocycles. The van der Waals surface area contributed by atoms with Gasteiger partial charge in [0.1, 0.15) is 5.69 Å². The minimum Gasteiger partial charge on any atom is -0.464 e. The van der Waals surface area contributed by atoms with Crippen LogP contribution < -0.4 is 5.32 Å². The number of benzene rings is 1. The summed E-state index contributed by atoms with van der Waals surface area (Å²) in [4.78, 5) is 30.1. The van der Waals surface area contributed by atoms with E-state index in [0.717, 1.165) is 29.6 Å². The van der Waals surface area contributed by atoms with Crippen molar-refractivity contribution < 1.29 is 14.3 Å². The van der Waals surface area contributed by atoms with Crippen LogP contribution in [0.4, 0.5) is 5.69 Å². The first-order valence-electron chi connectivity index (χ1n) is 9.10. The standard InChI is InChI=1S/C20H27N3O3/c1-12-8-13(2)10-23(9-12)11-16(24)22-18-17-14(3)6-5-7-15(17)21-19(18)20(25)26-4/h5-7,12-13,21H,8-11H2,1-4H3,(H,22,24)/t12-,13-/m0/s1. The predicted octanol–water partition coefficient (Wildman–Crippen LogP) is 3.18. The van der Waals surface area contributed by atoms with Crippen LogP contribution in [0.5, 0.6) is 0 Å². The van der Waals surface area contributed by atoms with E-state index >= 15 is 0 Å². The van der Waals surface area contributed by atoms with Crippen LogP contribution in [0.25, 0.3) is 10.9 Å². The van der Waals surface area contributed by atoms with E-state index in [9.17, 15) is 9.59 Å². The molecular formula is C20H27N3O3. The Labute approximate surface area is 153 Å². The summed E-state index contributed by atoms with van der Waals surface area (Å²) >= 11 is 0. The quantitative estimate of drug-likeness (QED) is 0.824. The number of H-pyrrole nitrogens is 1. The average Bonchev–Trinajstić information content (AvgIpc) is 2.92. The van der Waals surface area contributed by atoms with Gasteiger partial charge in [-0.25, -0.2) is 4.79 Å². The molecule has 0 spiro atoms. The monoisotopic (exact) mass is 357 g/mol. The fourth-order valence-electron chi connectivity index (χ4n) is 4.11. The summed E-state index contributed by atoms with van der Waals surface area (Å²) in [6, 6.07) is 5.76. The number of methoxy groups -OCH3 is 1. The third-order valence-electron chi connectivity index (χ3n) is 5.00. The van der Waals surface area contributed by atoms with Gasteiger partial charge in [-0.1, -0.05) is 26.0 Å². The van der Waals surface area contributed by atoms with Gasteiger partial charge >= 0.3 is 5.97 Å². The molecule has 1 aliphatic heterocycles. The van der Waals surface area contributed by atoms with Gasteiger partial charge in [-0.3, -0.25) is 9.69 Å². The molecule has 0 saturated carbocycles. The molecule has 1 fully saturated rings. The normalized spacial score (nSPS) is 20.9. The Morgan fingerprint density at radius 1 is 1.27 bits per heavy atom. The largest absolute Gasteiger partial charge is 0.464 e. The van der Waals surface area contributed by atoms with Gasteiger partial charge < -0.3 is 15.0 Å². The number of fused-ring (bicyclic) bond motifs is 1. The molecule has 1 aromatic carbocycles. The average molecular weight is 357 g/mol. The fourth-order valence-corrected chi connectivity index (χ4v) is 4.11. The van der Waals surface area contributed by atoms with Crippen LogP contribution in [0.2, 0.25) is 0 Å². The number of nitrogens with zero attached hydrogens (tertiary/aromatic N) is 1. The second kappa shape index (κ2) is 7.50. The number of hydrogen-bond donors (Lipinski definition) is 2. The van der Waals surface area contributed by atoms with E-state index in [1.807, 2.05) is 25.1 Å². The van der Waals surface area contributed by atoms with Gasteiger partial charge in [-0.05, 0) is 36.8 Å². The van der Waals surface area contributed by atoms with Crippen molar-refractivity contribution in [2.24, 2.45) is 11.8 Å². The minimum absolute atomic E-state index is 0.111. The van der Waals surface area contributed by atoms with E-state index in [2.05, 4.69) is 29.0 Å². The molecule has 26 heavy (non-hydrogen) atoms. The van der Waals surface area contributed by atoms with Crippen molar-refractivity contribution in [3.05, 3.63) is 29.5 Å². The summed E-state index contributed by atoms with van der Waals surface area (Å²) in [6.45, 7) is 8.58. The Bertz CT molecular complexity index is 817. The van der Waals surface area contributed by atoms with Crippen molar-refractivity contribution in [3.63, 3.8) is 0 Å². The number of aromatic amines is 1. The number of nitrogens with one attached hydrogen (secondary N) is 2. The maximum Gasteiger partial charge on any atom is 0.356 e. The van der Waals surface area contributed by atoms with E-state index < -0.39 is 5.97 Å². The molecule has 3 rings (SSSR count). The molecule has 140 valence electrons. The van der Waals surface area contributed by atoms with Crippen molar-refractivity contribution in [1.29, 1.82) is 0 Å². The molecule has 2 heterocycles. The number of hydrogen-bond acceptors (Lipinski definition) is 4. The highest BCUT2D eigenvalue weighted by Crippen LogP contribution is 2.31. The lowest BCUT2D eigenvalue weighted by molar-refractivity contribution is -0.117. The van der Waals surface area contributed by atoms with Crippen LogP contribution in [0.1, 0.15) is 36.3 Å². The zero-order valence-electron chi connectivity index (χ0n) is 15.9. The van der Waals surface area contributed by atoms with Crippen molar-refractivity contribution in [1.82, 2.24) is 9.88 Å². The number of anilines is 1. The number of likely N-dealkylation sites (tertiary alicyclic amines) is 1. The summed E-state index contributed by atoms with van der Waals surface area (Å²) in [5.41, 5.74) is 2.59. The Balaban J connectivity index is 1.85. The van der Waals surface area contributed by atoms with Gasteiger partial charge in [0, 0.05) is 24.0 Å². The molecule has 6 nitrogen and oxygen atoms in total. The first-order valence-corrected chi connectivity index (χ1v) is 9.10. The summed E-state index contributed by atoms with van der Waals surface area (Å²) in [5.74, 6) is 0.580. The van der Waals surface area contributed by atoms with Crippen LogP contribution >= 0.6 is 0 Å². The van der Waals surface area contributed by atoms with Gasteiger partial charge in [0.05, 0.1) is 19.3 Å². The lowest BCUT2D eigenvalue weighted by atomic mass is 9.92. The number of rotatable bonds is 4. The summed E-state index contributed by atoms with van der Waals surface area (Å²) in [5, 5.41) is 3.80. The van der Waals surface area contributed by atoms with Gasteiger partial charge in [-0.2, -0.15) is 0 Å². The number of carbonyl (C=O) groups excluding carboxylic acids is 2. The van der Waals surface area contributed by atoms with Crippen molar-refractivity contribution in [3.8, 4) is 0 Å². The topological polar surface area (TPSA) is 74.4 Å². The highest BCUT2D eigenvalue weighted by molar-refractivity contribution is 6.12. The molecule has 0 bridgehead atoms. The van der Waals surface area contributed by atoms with Crippen molar-refractivity contribution in [2.75, 3.05) is 32.1 Å². The van der Waals surface area contributed by atoms with Crippen molar-refractivity contribution >= 4 is 28.5 Å². The van der Waals surface area contributed by atoms with Gasteiger partial charge in [-0.15, -0.1) is 0 Å². The maximum atomic E-state index is 12.7. The smallest absolute Gasteiger partial charge is 0.356 e. The predicted molar refractivity (Wildman–Crippen MR) is 102 cm³/mol. The van der Waals surface area contributed by atoms with Crippen LogP contribution in [-0.4, -0.2) is 48.5 Å². The number of esters is 1. The molecule has 2 atom stereocenters. The number of ether oxygens (including phenoxy) is 1. The number of aryl methyl sites for hydroxylation is 1. The molecular weight excluding hydrogens is 330 g/mol. The van der Waals surface area contributed by atoms with E-state index in [1.165, 1.54) is 13.5 Å². The van der Waals surface area contributed by atoms with Crippen LogP contribution in [0.15, 0.2) is 18.2 Å². The van der Waals surface area contributed by atoms with E-state index in [4.69, 9.17) is 4.74 Å². The third-order valence-corrected chi connectivity index (χ3v) is 5.00. The van der Waals surface area contributed by atoms with Crippen LogP contribution in [0.3, 0.4) is 0 Å². The lowest BCUT2D eigenvalue weighted by Gasteiger charge is -2.34. The highest BCUT2D eigenvalue weighted by atomic mass is 16.5. The first-order chi connectivity index (χ1) is 12.4. The Morgan fingerprint density at radius 3 is 2.62 bits per heavy atom. The molecule has 1 aliphatic rings. The Morgan fingerprint density at radius 2 is 1.96 bits per heavy atom. The maximum absolute atomic E-state index is 12.7. The van der Waals surface area contributed by atoms with Crippen molar-refractivity contribution in [2.45, 2.75) is 27.2 Å². The zero-order valence-corrected chi connectivity index (χ0v) is 15.9. The van der Waals surface area contributed by atoms with Crippen LogP contribution in [-0.2, 0) is 9.53 Å². The van der Waals surface area contributed by atoms with E-state index in [-0.39, 0.29) is 11.6 Å². The molecule has 0 aliphatic carbocycles. The third kappa shape index (κ3) is 3.75. The van der Waals surface area contributed by atoms with E-state index in [1.54, 1.807) is 0 Å². The zero-order chi connectivity index (χ0) is 18.8. The number of piperidine rings is 1. The van der Waals surface area contributed by atoms with Gasteiger partial charge in [0.15, 0.2) is 0 Å².